The highest BCUT2D eigenvalue weighted by Crippen LogP contribution is 2.18. The SMILES string of the molecule is O=C(Cc1ccccc1O[N+](=O)[O-])N[C@@H](CSC(=O)CO[N+](=O)[O-])C(=O)O. The lowest BCUT2D eigenvalue weighted by molar-refractivity contribution is -0.754. The summed E-state index contributed by atoms with van der Waals surface area (Å²) >= 11 is 0.437. The Hall–Kier alpha value is -3.42. The van der Waals surface area contributed by atoms with Crippen LogP contribution in [0.25, 0.3) is 0 Å². The molecule has 0 aliphatic carbocycles. The van der Waals surface area contributed by atoms with Crippen LogP contribution in [0.2, 0.25) is 0 Å². The summed E-state index contributed by atoms with van der Waals surface area (Å²) in [5.41, 5.74) is 0.152. The van der Waals surface area contributed by atoms with Crippen LogP contribution in [0.3, 0.4) is 0 Å². The van der Waals surface area contributed by atoms with E-state index in [1.807, 2.05) is 0 Å². The fourth-order valence-corrected chi connectivity index (χ4v) is 2.45. The van der Waals surface area contributed by atoms with Gasteiger partial charge in [0.1, 0.15) is 11.8 Å². The molecular weight excluding hydrogens is 390 g/mol. The molecule has 2 N–H and O–H groups in total. The van der Waals surface area contributed by atoms with Crippen molar-refractivity contribution < 1.29 is 39.3 Å². The molecule has 0 aliphatic rings. The highest BCUT2D eigenvalue weighted by molar-refractivity contribution is 8.13. The Morgan fingerprint density at radius 2 is 1.85 bits per heavy atom. The Bertz CT molecular complexity index is 741. The number of para-hydroxylation sites is 1. The number of benzene rings is 1. The standard InChI is InChI=1S/C13H13N3O10S/c17-11(5-8-3-1-2-4-10(8)26-16(23)24)14-9(13(19)20)7-27-12(18)6-25-15(21)22/h1-4,9H,5-7H2,(H,14,17)(H,19,20)/t9-/m0/s1. The van der Waals surface area contributed by atoms with Crippen molar-refractivity contribution in [1.82, 2.24) is 5.32 Å². The van der Waals surface area contributed by atoms with E-state index in [9.17, 15) is 34.6 Å². The van der Waals surface area contributed by atoms with Crippen LogP contribution in [-0.4, -0.2) is 50.7 Å². The maximum absolute atomic E-state index is 12.0. The summed E-state index contributed by atoms with van der Waals surface area (Å²) in [5.74, 6) is -2.79. The maximum Gasteiger partial charge on any atom is 0.327 e. The van der Waals surface area contributed by atoms with E-state index in [1.54, 1.807) is 0 Å². The smallest absolute Gasteiger partial charge is 0.327 e. The number of hydrogen-bond acceptors (Lipinski definition) is 10. The molecule has 0 aliphatic heterocycles. The van der Waals surface area contributed by atoms with Crippen molar-refractivity contribution in [1.29, 1.82) is 0 Å². The summed E-state index contributed by atoms with van der Waals surface area (Å²) in [6, 6.07) is 4.15. The average molecular weight is 403 g/mol. The number of rotatable bonds is 11. The molecule has 1 aromatic rings. The van der Waals surface area contributed by atoms with Crippen LogP contribution in [0.1, 0.15) is 5.56 Å². The van der Waals surface area contributed by atoms with E-state index >= 15 is 0 Å². The van der Waals surface area contributed by atoms with Crippen molar-refractivity contribution in [2.24, 2.45) is 0 Å². The van der Waals surface area contributed by atoms with Crippen molar-refractivity contribution >= 4 is 28.8 Å². The van der Waals surface area contributed by atoms with Crippen LogP contribution in [0, 0.1) is 20.2 Å². The second-order valence-corrected chi connectivity index (χ2v) is 5.82. The molecule has 0 radical (unpaired) electrons. The summed E-state index contributed by atoms with van der Waals surface area (Å²) in [4.78, 5) is 63.1. The number of carboxylic acid groups (broad SMARTS) is 1. The van der Waals surface area contributed by atoms with E-state index < -0.39 is 52.0 Å². The van der Waals surface area contributed by atoms with Gasteiger partial charge in [0.25, 0.3) is 10.2 Å². The van der Waals surface area contributed by atoms with Crippen molar-refractivity contribution in [3.8, 4) is 5.75 Å². The molecule has 1 rings (SSSR count). The lowest BCUT2D eigenvalue weighted by Crippen LogP contribution is -2.43. The van der Waals surface area contributed by atoms with Crippen LogP contribution in [-0.2, 0) is 25.6 Å². The molecule has 0 saturated heterocycles. The third-order valence-electron chi connectivity index (χ3n) is 2.83. The zero-order valence-corrected chi connectivity index (χ0v) is 14.2. The average Bonchev–Trinajstić information content (AvgIpc) is 2.57. The van der Waals surface area contributed by atoms with E-state index in [-0.39, 0.29) is 11.3 Å². The first kappa shape index (κ1) is 21.6. The lowest BCUT2D eigenvalue weighted by Gasteiger charge is -2.14. The number of thioether (sulfide) groups is 1. The fourth-order valence-electron chi connectivity index (χ4n) is 1.74. The number of carbonyl (C=O) groups is 3. The highest BCUT2D eigenvalue weighted by Gasteiger charge is 2.22. The Balaban J connectivity index is 2.64. The number of carbonyl (C=O) groups excluding carboxylic acids is 2. The molecular formula is C13H13N3O10S. The quantitative estimate of drug-likeness (QED) is 0.369. The molecule has 0 spiro atoms. The predicted molar refractivity (Wildman–Crippen MR) is 87.7 cm³/mol. The van der Waals surface area contributed by atoms with Crippen LogP contribution in [0.15, 0.2) is 24.3 Å². The van der Waals surface area contributed by atoms with Crippen LogP contribution >= 0.6 is 11.8 Å². The Morgan fingerprint density at radius 3 is 2.44 bits per heavy atom. The molecule has 0 bridgehead atoms. The van der Waals surface area contributed by atoms with Gasteiger partial charge in [-0.3, -0.25) is 14.4 Å². The van der Waals surface area contributed by atoms with E-state index in [4.69, 9.17) is 5.11 Å². The van der Waals surface area contributed by atoms with Gasteiger partial charge in [-0.25, -0.2) is 4.79 Å². The topological polar surface area (TPSA) is 188 Å². The van der Waals surface area contributed by atoms with Gasteiger partial charge in [0.15, 0.2) is 6.61 Å². The van der Waals surface area contributed by atoms with Gasteiger partial charge in [-0.2, -0.15) is 0 Å². The van der Waals surface area contributed by atoms with E-state index in [0.717, 1.165) is 0 Å². The zero-order valence-electron chi connectivity index (χ0n) is 13.4. The van der Waals surface area contributed by atoms with Gasteiger partial charge in [0.2, 0.25) is 11.0 Å². The minimum absolute atomic E-state index is 0.152. The lowest BCUT2D eigenvalue weighted by atomic mass is 10.1. The second kappa shape index (κ2) is 10.5. The number of hydrogen-bond donors (Lipinski definition) is 2. The van der Waals surface area contributed by atoms with Crippen LogP contribution in [0.5, 0.6) is 5.75 Å². The maximum atomic E-state index is 12.0. The molecule has 1 aromatic carbocycles. The highest BCUT2D eigenvalue weighted by atomic mass is 32.2. The monoisotopic (exact) mass is 403 g/mol. The first-order chi connectivity index (χ1) is 12.7. The van der Waals surface area contributed by atoms with Crippen molar-refractivity contribution in [2.45, 2.75) is 12.5 Å². The van der Waals surface area contributed by atoms with E-state index in [2.05, 4.69) is 15.0 Å². The van der Waals surface area contributed by atoms with Crippen molar-refractivity contribution in [2.75, 3.05) is 12.4 Å². The number of carboxylic acids is 1. The molecule has 146 valence electrons. The molecule has 13 nitrogen and oxygen atoms in total. The number of aliphatic carboxylic acids is 1. The zero-order chi connectivity index (χ0) is 20.4. The normalized spacial score (nSPS) is 11.1. The molecule has 0 heterocycles. The van der Waals surface area contributed by atoms with Gasteiger partial charge in [0.05, 0.1) is 6.42 Å². The summed E-state index contributed by atoms with van der Waals surface area (Å²) < 4.78 is 0. The van der Waals surface area contributed by atoms with E-state index in [1.165, 1.54) is 24.3 Å². The molecule has 0 fully saturated rings. The summed E-state index contributed by atoms with van der Waals surface area (Å²) in [7, 11) is 0. The molecule has 0 saturated carbocycles. The summed E-state index contributed by atoms with van der Waals surface area (Å²) in [6.45, 7) is -0.858. The molecule has 14 heteroatoms. The Kier molecular flexibility index (Phi) is 8.44. The minimum Gasteiger partial charge on any atom is -0.480 e. The first-order valence-corrected chi connectivity index (χ1v) is 8.03. The first-order valence-electron chi connectivity index (χ1n) is 7.04. The summed E-state index contributed by atoms with van der Waals surface area (Å²) in [6.07, 6.45) is -0.406. The number of amides is 1. The van der Waals surface area contributed by atoms with Gasteiger partial charge >= 0.3 is 5.97 Å². The van der Waals surface area contributed by atoms with Gasteiger partial charge in [-0.05, 0) is 11.6 Å². The van der Waals surface area contributed by atoms with Gasteiger partial charge in [0, 0.05) is 5.75 Å². The third-order valence-corrected chi connectivity index (χ3v) is 3.77. The van der Waals surface area contributed by atoms with Gasteiger partial charge < -0.3 is 15.3 Å². The van der Waals surface area contributed by atoms with Crippen molar-refractivity contribution in [3.05, 3.63) is 50.1 Å². The Morgan fingerprint density at radius 1 is 1.19 bits per heavy atom. The molecule has 1 atom stereocenters. The molecule has 27 heavy (non-hydrogen) atoms. The van der Waals surface area contributed by atoms with Crippen LogP contribution < -0.4 is 10.2 Å². The third kappa shape index (κ3) is 8.48. The molecule has 1 amide bonds. The Labute approximate surface area is 154 Å². The van der Waals surface area contributed by atoms with Crippen molar-refractivity contribution in [3.63, 3.8) is 0 Å². The number of nitrogens with zero attached hydrogens (tertiary/aromatic N) is 2. The fraction of sp³-hybridized carbons (Fsp3) is 0.308. The van der Waals surface area contributed by atoms with Gasteiger partial charge in [-0.15, -0.1) is 20.2 Å². The molecule has 0 unspecified atom stereocenters. The second-order valence-electron chi connectivity index (χ2n) is 4.74. The van der Waals surface area contributed by atoms with Crippen LogP contribution in [0.4, 0.5) is 0 Å². The largest absolute Gasteiger partial charge is 0.480 e. The van der Waals surface area contributed by atoms with E-state index in [0.29, 0.717) is 11.8 Å². The minimum atomic E-state index is -1.47. The molecule has 0 aromatic heterocycles. The predicted octanol–water partition coefficient (Wildman–Crippen LogP) is -0.163. The summed E-state index contributed by atoms with van der Waals surface area (Å²) in [5, 5.41) is 28.7. The number of nitrogens with one attached hydrogen (secondary N) is 1. The van der Waals surface area contributed by atoms with Gasteiger partial charge in [-0.1, -0.05) is 30.0 Å².